The Bertz CT molecular complexity index is 382. The summed E-state index contributed by atoms with van der Waals surface area (Å²) in [6.07, 6.45) is 15.1. The van der Waals surface area contributed by atoms with Crippen molar-refractivity contribution in [3.05, 3.63) is 12.2 Å². The van der Waals surface area contributed by atoms with Crippen LogP contribution >= 0.6 is 0 Å². The van der Waals surface area contributed by atoms with Crippen molar-refractivity contribution < 1.29 is 49.0 Å². The smallest absolute Gasteiger partial charge is 0.550 e. The van der Waals surface area contributed by atoms with Gasteiger partial charge in [-0.2, -0.15) is 0 Å². The number of allylic oxidation sites excluding steroid dienone is 2. The fourth-order valence-electron chi connectivity index (χ4n) is 3.10. The van der Waals surface area contributed by atoms with Crippen molar-refractivity contribution in [3.8, 4) is 0 Å². The van der Waals surface area contributed by atoms with Crippen molar-refractivity contribution in [1.82, 2.24) is 0 Å². The van der Waals surface area contributed by atoms with E-state index in [9.17, 15) is 14.7 Å². The summed E-state index contributed by atoms with van der Waals surface area (Å²) in [5, 5.41) is 11.1. The first-order valence-corrected chi connectivity index (χ1v) is 9.19. The molecule has 0 bridgehead atoms. The Morgan fingerprint density at radius 3 is 2.25 bits per heavy atom. The van der Waals surface area contributed by atoms with E-state index >= 15 is 0 Å². The van der Waals surface area contributed by atoms with Gasteiger partial charge in [-0.25, -0.2) is 0 Å². The molecular weight excluding hydrogens is 315 g/mol. The van der Waals surface area contributed by atoms with Gasteiger partial charge in [0, 0.05) is 11.9 Å². The molecule has 1 aliphatic carbocycles. The van der Waals surface area contributed by atoms with Crippen LogP contribution in [0.25, 0.3) is 0 Å². The predicted octanol–water partition coefficient (Wildman–Crippen LogP) is 0.397. The number of carbonyl (C=O) groups excluding carboxylic acids is 2. The van der Waals surface area contributed by atoms with Gasteiger partial charge >= 0.3 is 35.5 Å². The van der Waals surface area contributed by atoms with Crippen molar-refractivity contribution >= 4 is 11.9 Å². The molecule has 24 heavy (non-hydrogen) atoms. The van der Waals surface area contributed by atoms with Gasteiger partial charge in [0.1, 0.15) is 0 Å². The molecule has 2 atom stereocenters. The van der Waals surface area contributed by atoms with Crippen LogP contribution in [-0.4, -0.2) is 18.5 Å². The molecule has 4 nitrogen and oxygen atoms in total. The van der Waals surface area contributed by atoms with E-state index in [0.717, 1.165) is 32.1 Å². The third-order valence-electron chi connectivity index (χ3n) is 4.52. The van der Waals surface area contributed by atoms with Crippen LogP contribution < -0.4 is 34.7 Å². The summed E-state index contributed by atoms with van der Waals surface area (Å²) < 4.78 is 5.26. The van der Waals surface area contributed by atoms with Crippen LogP contribution in [0.3, 0.4) is 0 Å². The van der Waals surface area contributed by atoms with Crippen LogP contribution in [0.15, 0.2) is 12.2 Å². The number of aliphatic carboxylic acids is 1. The zero-order valence-corrected chi connectivity index (χ0v) is 17.4. The van der Waals surface area contributed by atoms with E-state index in [-0.39, 0.29) is 35.5 Å². The van der Waals surface area contributed by atoms with E-state index in [1.165, 1.54) is 25.7 Å². The molecule has 0 amide bonds. The van der Waals surface area contributed by atoms with Crippen molar-refractivity contribution in [2.24, 2.45) is 11.8 Å². The first-order chi connectivity index (χ1) is 11.2. The van der Waals surface area contributed by atoms with Crippen LogP contribution in [0, 0.1) is 11.8 Å². The Morgan fingerprint density at radius 2 is 1.62 bits per heavy atom. The summed E-state index contributed by atoms with van der Waals surface area (Å²) in [5.41, 5.74) is 0. The molecule has 0 aromatic rings. The van der Waals surface area contributed by atoms with Gasteiger partial charge in [-0.1, -0.05) is 51.2 Å². The van der Waals surface area contributed by atoms with Gasteiger partial charge in [0.2, 0.25) is 0 Å². The van der Waals surface area contributed by atoms with E-state index in [4.69, 9.17) is 4.74 Å². The number of hydrogen-bond acceptors (Lipinski definition) is 4. The minimum absolute atomic E-state index is 0. The monoisotopic (exact) mass is 346 g/mol. The minimum atomic E-state index is -1.11. The van der Waals surface area contributed by atoms with E-state index in [2.05, 4.69) is 19.1 Å². The zero-order valence-electron chi connectivity index (χ0n) is 15.4. The third-order valence-corrected chi connectivity index (χ3v) is 4.52. The fourth-order valence-corrected chi connectivity index (χ4v) is 3.10. The molecule has 1 rings (SSSR count). The second kappa shape index (κ2) is 15.0. The van der Waals surface area contributed by atoms with Gasteiger partial charge in [0.05, 0.1) is 12.5 Å². The second-order valence-corrected chi connectivity index (χ2v) is 6.45. The van der Waals surface area contributed by atoms with E-state index in [1.54, 1.807) is 0 Å². The standard InChI is InChI=1S/C19H32O4.Na/c1-2-3-4-5-6-7-8-9-12-15-23-19(22)17-14-11-10-13-16(17)18(20)21;/h7-8,16-17H,2-6,9-15H2,1H3,(H,20,21);/q;+1/p-1/b8-7+;. The molecule has 0 N–H and O–H groups in total. The first kappa shape index (κ1) is 23.7. The van der Waals surface area contributed by atoms with E-state index < -0.39 is 17.8 Å². The number of ether oxygens (including phenoxy) is 1. The topological polar surface area (TPSA) is 66.4 Å². The van der Waals surface area contributed by atoms with Gasteiger partial charge in [0.25, 0.3) is 0 Å². The molecule has 1 fully saturated rings. The van der Waals surface area contributed by atoms with Gasteiger partial charge in [-0.05, 0) is 38.5 Å². The summed E-state index contributed by atoms with van der Waals surface area (Å²) in [6, 6.07) is 0. The Balaban J connectivity index is 0.00000529. The Labute approximate surface area is 168 Å². The number of unbranched alkanes of at least 4 members (excludes halogenated alkanes) is 5. The molecule has 0 aromatic carbocycles. The number of carboxylic acids is 1. The van der Waals surface area contributed by atoms with Crippen molar-refractivity contribution in [3.63, 3.8) is 0 Å². The average Bonchev–Trinajstić information content (AvgIpc) is 2.56. The Hall–Kier alpha value is -0.320. The number of carboxylic acid groups (broad SMARTS) is 1. The Morgan fingerprint density at radius 1 is 1.00 bits per heavy atom. The Kier molecular flexibility index (Phi) is 14.8. The van der Waals surface area contributed by atoms with Crippen LogP contribution in [0.1, 0.15) is 77.6 Å². The van der Waals surface area contributed by atoms with Crippen molar-refractivity contribution in [2.45, 2.75) is 77.6 Å². The first-order valence-electron chi connectivity index (χ1n) is 9.19. The number of esters is 1. The van der Waals surface area contributed by atoms with Gasteiger partial charge in [-0.3, -0.25) is 4.79 Å². The molecule has 2 unspecified atom stereocenters. The van der Waals surface area contributed by atoms with Gasteiger partial charge < -0.3 is 14.6 Å². The number of carbonyl (C=O) groups is 2. The summed E-state index contributed by atoms with van der Waals surface area (Å²) in [7, 11) is 0. The average molecular weight is 346 g/mol. The van der Waals surface area contributed by atoms with Crippen LogP contribution in [0.2, 0.25) is 0 Å². The minimum Gasteiger partial charge on any atom is -0.550 e. The SMILES string of the molecule is CCCCCC/C=C/CCCOC(=O)C1CCCCC1C(=O)[O-].[Na+]. The quantitative estimate of drug-likeness (QED) is 0.235. The molecule has 1 aliphatic rings. The van der Waals surface area contributed by atoms with E-state index in [0.29, 0.717) is 19.4 Å². The van der Waals surface area contributed by atoms with Crippen molar-refractivity contribution in [2.75, 3.05) is 6.61 Å². The molecule has 0 radical (unpaired) electrons. The molecule has 5 heteroatoms. The number of hydrogen-bond donors (Lipinski definition) is 0. The largest absolute Gasteiger partial charge is 1.00 e. The second-order valence-electron chi connectivity index (χ2n) is 6.45. The zero-order chi connectivity index (χ0) is 16.9. The maximum absolute atomic E-state index is 12.0. The van der Waals surface area contributed by atoms with Gasteiger partial charge in [-0.15, -0.1) is 0 Å². The molecule has 0 saturated heterocycles. The molecular formula is C19H31NaO4. The molecule has 132 valence electrons. The van der Waals surface area contributed by atoms with Crippen molar-refractivity contribution in [1.29, 1.82) is 0 Å². The van der Waals surface area contributed by atoms with Crippen LogP contribution in [-0.2, 0) is 14.3 Å². The third kappa shape index (κ3) is 9.85. The maximum atomic E-state index is 12.0. The maximum Gasteiger partial charge on any atom is 1.00 e. The molecule has 0 aliphatic heterocycles. The summed E-state index contributed by atoms with van der Waals surface area (Å²) in [6.45, 7) is 2.58. The molecule has 0 aromatic heterocycles. The normalized spacial score (nSPS) is 20.5. The predicted molar refractivity (Wildman–Crippen MR) is 88.5 cm³/mol. The fraction of sp³-hybridized carbons (Fsp3) is 0.789. The van der Waals surface area contributed by atoms with Crippen LogP contribution in [0.5, 0.6) is 0 Å². The molecule has 0 heterocycles. The van der Waals surface area contributed by atoms with Gasteiger partial charge in [0.15, 0.2) is 0 Å². The molecule has 0 spiro atoms. The summed E-state index contributed by atoms with van der Waals surface area (Å²) in [5.74, 6) is -2.65. The molecule has 1 saturated carbocycles. The summed E-state index contributed by atoms with van der Waals surface area (Å²) >= 11 is 0. The van der Waals surface area contributed by atoms with E-state index in [1.807, 2.05) is 0 Å². The summed E-state index contributed by atoms with van der Waals surface area (Å²) in [4.78, 5) is 23.1. The number of rotatable bonds is 11. The van der Waals surface area contributed by atoms with Crippen LogP contribution in [0.4, 0.5) is 0 Å².